The highest BCUT2D eigenvalue weighted by Crippen LogP contribution is 2.50. The van der Waals surface area contributed by atoms with E-state index < -0.39 is 0 Å². The summed E-state index contributed by atoms with van der Waals surface area (Å²) in [4.78, 5) is 23.2. The molecular formula is C19H32O4. The number of ketones is 1. The summed E-state index contributed by atoms with van der Waals surface area (Å²) >= 11 is 0. The normalized spacial score (nSPS) is 29.5. The molecule has 2 atom stereocenters. The first-order chi connectivity index (χ1) is 11.1. The zero-order valence-electron chi connectivity index (χ0n) is 14.7. The van der Waals surface area contributed by atoms with Gasteiger partial charge in [0, 0.05) is 12.5 Å². The van der Waals surface area contributed by atoms with Gasteiger partial charge < -0.3 is 9.47 Å². The Kier molecular flexibility index (Phi) is 7.54. The van der Waals surface area contributed by atoms with E-state index in [-0.39, 0.29) is 12.6 Å². The third kappa shape index (κ3) is 5.30. The Morgan fingerprint density at radius 2 is 1.70 bits per heavy atom. The van der Waals surface area contributed by atoms with E-state index in [0.717, 1.165) is 18.8 Å². The first kappa shape index (κ1) is 18.4. The van der Waals surface area contributed by atoms with E-state index in [4.69, 9.17) is 9.47 Å². The maximum absolute atomic E-state index is 12.0. The van der Waals surface area contributed by atoms with Crippen molar-refractivity contribution in [2.24, 2.45) is 23.7 Å². The minimum Gasteiger partial charge on any atom is -0.464 e. The fraction of sp³-hybridized carbons (Fsp3) is 0.895. The van der Waals surface area contributed by atoms with E-state index in [1.807, 2.05) is 0 Å². The van der Waals surface area contributed by atoms with Crippen molar-refractivity contribution >= 4 is 11.8 Å². The minimum absolute atomic E-state index is 0.0621. The predicted octanol–water partition coefficient (Wildman–Crippen LogP) is 3.77. The largest absolute Gasteiger partial charge is 0.464 e. The summed E-state index contributed by atoms with van der Waals surface area (Å²) in [7, 11) is 0. The lowest BCUT2D eigenvalue weighted by Crippen LogP contribution is -2.43. The Morgan fingerprint density at radius 1 is 1.00 bits per heavy atom. The van der Waals surface area contributed by atoms with E-state index >= 15 is 0 Å². The van der Waals surface area contributed by atoms with Gasteiger partial charge in [0.25, 0.3) is 0 Å². The average molecular weight is 324 g/mol. The van der Waals surface area contributed by atoms with Crippen LogP contribution in [0.2, 0.25) is 0 Å². The highest BCUT2D eigenvalue weighted by atomic mass is 16.6. The van der Waals surface area contributed by atoms with Crippen LogP contribution in [0.25, 0.3) is 0 Å². The van der Waals surface area contributed by atoms with Gasteiger partial charge in [-0.3, -0.25) is 4.79 Å². The van der Waals surface area contributed by atoms with Crippen LogP contribution in [-0.2, 0) is 19.1 Å². The molecule has 2 bridgehead atoms. The van der Waals surface area contributed by atoms with Gasteiger partial charge in [-0.25, -0.2) is 4.79 Å². The smallest absolute Gasteiger partial charge is 0.332 e. The van der Waals surface area contributed by atoms with Crippen LogP contribution in [0.3, 0.4) is 0 Å². The number of unbranched alkanes of at least 4 members (excludes halogenated alkanes) is 2. The van der Waals surface area contributed by atoms with Crippen LogP contribution in [0.5, 0.6) is 0 Å². The van der Waals surface area contributed by atoms with Crippen molar-refractivity contribution in [3.8, 4) is 0 Å². The summed E-state index contributed by atoms with van der Waals surface area (Å²) in [6.45, 7) is 4.67. The number of hydrogen-bond donors (Lipinski definition) is 0. The molecule has 2 unspecified atom stereocenters. The third-order valence-electron chi connectivity index (χ3n) is 5.71. The van der Waals surface area contributed by atoms with Crippen LogP contribution >= 0.6 is 0 Å². The van der Waals surface area contributed by atoms with E-state index in [1.165, 1.54) is 38.5 Å². The molecule has 0 N–H and O–H groups in total. The maximum atomic E-state index is 12.0. The second-order valence-corrected chi connectivity index (χ2v) is 7.18. The van der Waals surface area contributed by atoms with E-state index in [9.17, 15) is 9.59 Å². The molecule has 0 heterocycles. The molecule has 3 saturated carbocycles. The fourth-order valence-corrected chi connectivity index (χ4v) is 4.74. The van der Waals surface area contributed by atoms with Gasteiger partial charge in [0.15, 0.2) is 0 Å². The molecule has 3 aliphatic carbocycles. The van der Waals surface area contributed by atoms with E-state index in [2.05, 4.69) is 0 Å². The highest BCUT2D eigenvalue weighted by Gasteiger charge is 2.44. The molecule has 0 aromatic rings. The van der Waals surface area contributed by atoms with Crippen molar-refractivity contribution in [2.75, 3.05) is 19.8 Å². The lowest BCUT2D eigenvalue weighted by atomic mass is 9.56. The molecule has 0 spiro atoms. The summed E-state index contributed by atoms with van der Waals surface area (Å²) in [5.74, 6) is 2.55. The Labute approximate surface area is 140 Å². The van der Waals surface area contributed by atoms with Gasteiger partial charge in [0.1, 0.15) is 12.4 Å². The van der Waals surface area contributed by atoms with Gasteiger partial charge >= 0.3 is 5.97 Å². The zero-order chi connectivity index (χ0) is 16.7. The molecular weight excluding hydrogens is 292 g/mol. The second-order valence-electron chi connectivity index (χ2n) is 7.18. The second kappa shape index (κ2) is 9.41. The molecule has 3 fully saturated rings. The van der Waals surface area contributed by atoms with Gasteiger partial charge in [-0.2, -0.15) is 0 Å². The van der Waals surface area contributed by atoms with Gasteiger partial charge in [0.05, 0.1) is 6.61 Å². The lowest BCUT2D eigenvalue weighted by molar-refractivity contribution is -0.148. The lowest BCUT2D eigenvalue weighted by Gasteiger charge is -2.48. The molecule has 4 heteroatoms. The highest BCUT2D eigenvalue weighted by molar-refractivity contribution is 5.79. The Hall–Kier alpha value is -0.900. The van der Waals surface area contributed by atoms with Gasteiger partial charge in [-0.05, 0) is 70.1 Å². The summed E-state index contributed by atoms with van der Waals surface area (Å²) in [5, 5.41) is 0. The Balaban J connectivity index is 1.60. The molecule has 3 aliphatic rings. The first-order valence-corrected chi connectivity index (χ1v) is 9.37. The number of hydrogen-bond acceptors (Lipinski definition) is 4. The quantitative estimate of drug-likeness (QED) is 0.453. The summed E-state index contributed by atoms with van der Waals surface area (Å²) < 4.78 is 10.1. The maximum Gasteiger partial charge on any atom is 0.332 e. The van der Waals surface area contributed by atoms with E-state index in [0.29, 0.717) is 36.8 Å². The third-order valence-corrected chi connectivity index (χ3v) is 5.71. The number of carbonyl (C=O) groups is 2. The molecule has 3 rings (SSSR count). The number of Topliss-reactive ketones (excluding diaryl/α,β-unsaturated/α-hetero) is 1. The molecule has 0 aromatic heterocycles. The van der Waals surface area contributed by atoms with Crippen LogP contribution < -0.4 is 0 Å². The van der Waals surface area contributed by atoms with Crippen molar-refractivity contribution in [2.45, 2.75) is 65.2 Å². The van der Waals surface area contributed by atoms with Crippen molar-refractivity contribution in [1.29, 1.82) is 0 Å². The average Bonchev–Trinajstić information content (AvgIpc) is 2.54. The molecule has 0 radical (unpaired) electrons. The molecule has 0 aliphatic heterocycles. The molecule has 0 aromatic carbocycles. The van der Waals surface area contributed by atoms with Gasteiger partial charge in [-0.1, -0.05) is 12.8 Å². The van der Waals surface area contributed by atoms with Crippen molar-refractivity contribution in [3.05, 3.63) is 0 Å². The minimum atomic E-state index is -0.282. The van der Waals surface area contributed by atoms with Crippen molar-refractivity contribution in [3.63, 3.8) is 0 Å². The predicted molar refractivity (Wildman–Crippen MR) is 89.0 cm³/mol. The molecule has 0 saturated heterocycles. The van der Waals surface area contributed by atoms with Crippen molar-refractivity contribution in [1.82, 2.24) is 0 Å². The number of fused-ring (bicyclic) bond motifs is 3. The molecule has 0 amide bonds. The monoisotopic (exact) mass is 324 g/mol. The standard InChI is InChI=1S/C19H32O4/c1-3-23-18(21)13-22-12-6-4-5-7-17-15-8-10-16(11-9-15)19(17)14(2)20/h15-17,19H,3-13H2,1-2H3. The summed E-state index contributed by atoms with van der Waals surface area (Å²) in [5.41, 5.74) is 0. The molecule has 132 valence electrons. The number of ether oxygens (including phenoxy) is 2. The van der Waals surface area contributed by atoms with Gasteiger partial charge in [0.2, 0.25) is 0 Å². The topological polar surface area (TPSA) is 52.6 Å². The van der Waals surface area contributed by atoms with Crippen molar-refractivity contribution < 1.29 is 19.1 Å². The molecule has 23 heavy (non-hydrogen) atoms. The summed E-state index contributed by atoms with van der Waals surface area (Å²) in [6, 6.07) is 0. The van der Waals surface area contributed by atoms with Crippen LogP contribution in [0.1, 0.15) is 65.2 Å². The van der Waals surface area contributed by atoms with E-state index in [1.54, 1.807) is 13.8 Å². The first-order valence-electron chi connectivity index (χ1n) is 9.37. The van der Waals surface area contributed by atoms with Crippen LogP contribution in [0.15, 0.2) is 0 Å². The SMILES string of the molecule is CCOC(=O)COCCCCCC1C2CCC(CC2)C1C(C)=O. The Bertz CT molecular complexity index is 385. The number of rotatable bonds is 10. The zero-order valence-corrected chi connectivity index (χ0v) is 14.7. The fourth-order valence-electron chi connectivity index (χ4n) is 4.74. The molecule has 4 nitrogen and oxygen atoms in total. The van der Waals surface area contributed by atoms with Crippen LogP contribution in [0, 0.1) is 23.7 Å². The summed E-state index contributed by atoms with van der Waals surface area (Å²) in [6.07, 6.45) is 9.65. The number of esters is 1. The Morgan fingerprint density at radius 3 is 2.35 bits per heavy atom. The van der Waals surface area contributed by atoms with Crippen LogP contribution in [-0.4, -0.2) is 31.6 Å². The number of carbonyl (C=O) groups excluding carboxylic acids is 2. The van der Waals surface area contributed by atoms with Crippen LogP contribution in [0.4, 0.5) is 0 Å². The van der Waals surface area contributed by atoms with Gasteiger partial charge in [-0.15, -0.1) is 0 Å².